The van der Waals surface area contributed by atoms with Crippen LogP contribution in [0.5, 0.6) is 0 Å². The Balaban J connectivity index is 1.91. The number of thioether (sulfide) groups is 1. The van der Waals surface area contributed by atoms with Crippen molar-refractivity contribution in [2.75, 3.05) is 5.75 Å². The Labute approximate surface area is 89.1 Å². The summed E-state index contributed by atoms with van der Waals surface area (Å²) < 4.78 is 0. The number of H-pyrrole nitrogens is 1. The standard InChI is InChI=1S/C10H17N3S/c1-7(10-11-4-5-12-10)13-9-3-6-14-8(9)2/h4-5,7-9,13H,3,6H2,1-2H3,(H,11,12). The molecule has 0 spiro atoms. The van der Waals surface area contributed by atoms with Gasteiger partial charge in [0.1, 0.15) is 5.82 Å². The van der Waals surface area contributed by atoms with Gasteiger partial charge in [-0.3, -0.25) is 0 Å². The fourth-order valence-electron chi connectivity index (χ4n) is 1.86. The Morgan fingerprint density at radius 2 is 2.57 bits per heavy atom. The van der Waals surface area contributed by atoms with Crippen molar-refractivity contribution in [1.82, 2.24) is 15.3 Å². The van der Waals surface area contributed by atoms with Gasteiger partial charge in [0.15, 0.2) is 0 Å². The molecule has 3 atom stereocenters. The summed E-state index contributed by atoms with van der Waals surface area (Å²) >= 11 is 2.05. The molecule has 2 N–H and O–H groups in total. The SMILES string of the molecule is CC(NC1CCSC1C)c1ncc[nH]1. The van der Waals surface area contributed by atoms with E-state index in [-0.39, 0.29) is 0 Å². The molecular formula is C10H17N3S. The monoisotopic (exact) mass is 211 g/mol. The lowest BCUT2D eigenvalue weighted by Crippen LogP contribution is -2.35. The predicted octanol–water partition coefficient (Wildman–Crippen LogP) is 1.95. The van der Waals surface area contributed by atoms with Gasteiger partial charge >= 0.3 is 0 Å². The van der Waals surface area contributed by atoms with Gasteiger partial charge in [0.2, 0.25) is 0 Å². The number of aromatic amines is 1. The van der Waals surface area contributed by atoms with Gasteiger partial charge in [0.05, 0.1) is 6.04 Å². The molecule has 0 saturated carbocycles. The van der Waals surface area contributed by atoms with Crippen molar-refractivity contribution in [2.45, 2.75) is 37.6 Å². The maximum atomic E-state index is 4.26. The Hall–Kier alpha value is -0.480. The summed E-state index contributed by atoms with van der Waals surface area (Å²) in [5.74, 6) is 2.32. The third-order valence-corrected chi connectivity index (χ3v) is 4.10. The van der Waals surface area contributed by atoms with Crippen LogP contribution in [0, 0.1) is 0 Å². The highest BCUT2D eigenvalue weighted by atomic mass is 32.2. The predicted molar refractivity (Wildman–Crippen MR) is 60.5 cm³/mol. The molecule has 1 aromatic heterocycles. The Bertz CT molecular complexity index is 273. The number of nitrogens with zero attached hydrogens (tertiary/aromatic N) is 1. The van der Waals surface area contributed by atoms with Crippen LogP contribution < -0.4 is 5.32 Å². The van der Waals surface area contributed by atoms with Crippen molar-refractivity contribution in [2.24, 2.45) is 0 Å². The molecular weight excluding hydrogens is 194 g/mol. The van der Waals surface area contributed by atoms with E-state index < -0.39 is 0 Å². The Kier molecular flexibility index (Phi) is 3.13. The second kappa shape index (κ2) is 4.36. The van der Waals surface area contributed by atoms with Crippen molar-refractivity contribution < 1.29 is 0 Å². The van der Waals surface area contributed by atoms with E-state index in [1.165, 1.54) is 12.2 Å². The first-order valence-corrected chi connectivity index (χ1v) is 6.19. The molecule has 0 amide bonds. The minimum atomic E-state index is 0.330. The average Bonchev–Trinajstić information content (AvgIpc) is 2.77. The van der Waals surface area contributed by atoms with E-state index in [2.05, 4.69) is 40.9 Å². The number of aromatic nitrogens is 2. The molecule has 1 aliphatic heterocycles. The van der Waals surface area contributed by atoms with Crippen LogP contribution in [0.15, 0.2) is 12.4 Å². The van der Waals surface area contributed by atoms with E-state index in [1.54, 1.807) is 6.20 Å². The van der Waals surface area contributed by atoms with Crippen LogP contribution in [0.25, 0.3) is 0 Å². The zero-order chi connectivity index (χ0) is 9.97. The lowest BCUT2D eigenvalue weighted by Gasteiger charge is -2.20. The van der Waals surface area contributed by atoms with Gasteiger partial charge in [0, 0.05) is 23.7 Å². The van der Waals surface area contributed by atoms with E-state index in [1.807, 2.05) is 6.20 Å². The largest absolute Gasteiger partial charge is 0.347 e. The quantitative estimate of drug-likeness (QED) is 0.803. The van der Waals surface area contributed by atoms with Crippen LogP contribution in [0.4, 0.5) is 0 Å². The highest BCUT2D eigenvalue weighted by Crippen LogP contribution is 2.27. The number of imidazole rings is 1. The van der Waals surface area contributed by atoms with Crippen molar-refractivity contribution in [3.05, 3.63) is 18.2 Å². The van der Waals surface area contributed by atoms with Crippen molar-refractivity contribution >= 4 is 11.8 Å². The van der Waals surface area contributed by atoms with Crippen LogP contribution in [0.3, 0.4) is 0 Å². The first kappa shape index (κ1) is 10.1. The summed E-state index contributed by atoms with van der Waals surface area (Å²) in [6.45, 7) is 4.46. The molecule has 1 aliphatic rings. The van der Waals surface area contributed by atoms with Crippen molar-refractivity contribution in [3.63, 3.8) is 0 Å². The van der Waals surface area contributed by atoms with Crippen LogP contribution in [-0.2, 0) is 0 Å². The fourth-order valence-corrected chi connectivity index (χ4v) is 3.07. The molecule has 1 aromatic rings. The summed E-state index contributed by atoms with van der Waals surface area (Å²) in [6, 6.07) is 0.969. The molecule has 2 heterocycles. The first-order valence-electron chi connectivity index (χ1n) is 5.14. The summed E-state index contributed by atoms with van der Waals surface area (Å²) in [7, 11) is 0. The van der Waals surface area contributed by atoms with E-state index >= 15 is 0 Å². The fraction of sp³-hybridized carbons (Fsp3) is 0.700. The molecule has 3 unspecified atom stereocenters. The van der Waals surface area contributed by atoms with Gasteiger partial charge in [-0.25, -0.2) is 4.98 Å². The maximum Gasteiger partial charge on any atom is 0.122 e. The lowest BCUT2D eigenvalue weighted by atomic mass is 10.1. The highest BCUT2D eigenvalue weighted by molar-refractivity contribution is 8.00. The average molecular weight is 211 g/mol. The minimum Gasteiger partial charge on any atom is -0.347 e. The normalized spacial score (nSPS) is 29.3. The van der Waals surface area contributed by atoms with Crippen molar-refractivity contribution in [1.29, 1.82) is 0 Å². The van der Waals surface area contributed by atoms with Gasteiger partial charge in [-0.05, 0) is 19.1 Å². The molecule has 2 rings (SSSR count). The smallest absolute Gasteiger partial charge is 0.122 e. The Morgan fingerprint density at radius 3 is 3.14 bits per heavy atom. The molecule has 14 heavy (non-hydrogen) atoms. The number of rotatable bonds is 3. The van der Waals surface area contributed by atoms with E-state index in [4.69, 9.17) is 0 Å². The van der Waals surface area contributed by atoms with Crippen LogP contribution in [-0.4, -0.2) is 27.0 Å². The lowest BCUT2D eigenvalue weighted by molar-refractivity contribution is 0.442. The van der Waals surface area contributed by atoms with Gasteiger partial charge in [-0.1, -0.05) is 6.92 Å². The zero-order valence-electron chi connectivity index (χ0n) is 8.66. The molecule has 1 saturated heterocycles. The molecule has 1 fully saturated rings. The summed E-state index contributed by atoms with van der Waals surface area (Å²) in [6.07, 6.45) is 4.96. The van der Waals surface area contributed by atoms with Crippen LogP contribution in [0.1, 0.15) is 32.1 Å². The summed E-state index contributed by atoms with van der Waals surface area (Å²) in [5.41, 5.74) is 0. The molecule has 4 heteroatoms. The number of hydrogen-bond acceptors (Lipinski definition) is 3. The second-order valence-electron chi connectivity index (χ2n) is 3.83. The number of nitrogens with one attached hydrogen (secondary N) is 2. The first-order chi connectivity index (χ1) is 6.77. The van der Waals surface area contributed by atoms with Crippen LogP contribution in [0.2, 0.25) is 0 Å². The molecule has 78 valence electrons. The molecule has 0 radical (unpaired) electrons. The summed E-state index contributed by atoms with van der Waals surface area (Å²) in [4.78, 5) is 7.40. The Morgan fingerprint density at radius 1 is 1.71 bits per heavy atom. The van der Waals surface area contributed by atoms with E-state index in [0.717, 1.165) is 11.1 Å². The third-order valence-electron chi connectivity index (χ3n) is 2.77. The molecule has 3 nitrogen and oxygen atoms in total. The highest BCUT2D eigenvalue weighted by Gasteiger charge is 2.25. The van der Waals surface area contributed by atoms with Gasteiger partial charge in [0.25, 0.3) is 0 Å². The second-order valence-corrected chi connectivity index (χ2v) is 5.32. The maximum absolute atomic E-state index is 4.26. The third kappa shape index (κ3) is 2.12. The summed E-state index contributed by atoms with van der Waals surface area (Å²) in [5, 5.41) is 4.35. The van der Waals surface area contributed by atoms with E-state index in [9.17, 15) is 0 Å². The number of hydrogen-bond donors (Lipinski definition) is 2. The molecule has 0 aromatic carbocycles. The minimum absolute atomic E-state index is 0.330. The van der Waals surface area contributed by atoms with Gasteiger partial charge in [-0.2, -0.15) is 11.8 Å². The van der Waals surface area contributed by atoms with Gasteiger partial charge < -0.3 is 10.3 Å². The zero-order valence-corrected chi connectivity index (χ0v) is 9.47. The van der Waals surface area contributed by atoms with Crippen LogP contribution >= 0.6 is 11.8 Å². The van der Waals surface area contributed by atoms with Crippen molar-refractivity contribution in [3.8, 4) is 0 Å². The van der Waals surface area contributed by atoms with Gasteiger partial charge in [-0.15, -0.1) is 0 Å². The molecule has 0 bridgehead atoms. The topological polar surface area (TPSA) is 40.7 Å². The van der Waals surface area contributed by atoms with E-state index in [0.29, 0.717) is 12.1 Å². The molecule has 0 aliphatic carbocycles.